The molecule has 21 heavy (non-hydrogen) atoms. The number of benzene rings is 2. The molecule has 0 heterocycles. The van der Waals surface area contributed by atoms with Crippen molar-refractivity contribution in [2.45, 2.75) is 6.42 Å². The second-order valence-corrected chi connectivity index (χ2v) is 5.31. The van der Waals surface area contributed by atoms with E-state index in [1.165, 1.54) is 0 Å². The van der Waals surface area contributed by atoms with Crippen LogP contribution in [0.5, 0.6) is 0 Å². The lowest BCUT2D eigenvalue weighted by molar-refractivity contribution is -0.115. The summed E-state index contributed by atoms with van der Waals surface area (Å²) in [7, 11) is 0. The summed E-state index contributed by atoms with van der Waals surface area (Å²) in [6.07, 6.45) is 0.326. The van der Waals surface area contributed by atoms with Crippen LogP contribution in [0.25, 0.3) is 0 Å². The van der Waals surface area contributed by atoms with Crippen molar-refractivity contribution in [3.05, 3.63) is 58.6 Å². The van der Waals surface area contributed by atoms with E-state index in [0.29, 0.717) is 18.5 Å². The monoisotopic (exact) mass is 343 g/mol. The Bertz CT molecular complexity index is 679. The van der Waals surface area contributed by atoms with Gasteiger partial charge >= 0.3 is 0 Å². The van der Waals surface area contributed by atoms with Crippen LogP contribution in [-0.2, 0) is 4.79 Å². The number of nitrogens with one attached hydrogen (secondary N) is 2. The Morgan fingerprint density at radius 1 is 1.19 bits per heavy atom. The van der Waals surface area contributed by atoms with Crippen molar-refractivity contribution in [3.8, 4) is 6.07 Å². The molecule has 0 saturated heterocycles. The zero-order valence-corrected chi connectivity index (χ0v) is 12.9. The fourth-order valence-electron chi connectivity index (χ4n) is 1.84. The Hall–Kier alpha value is -2.32. The number of nitrogens with zero attached hydrogens (tertiary/aromatic N) is 1. The van der Waals surface area contributed by atoms with Crippen LogP contribution in [0.1, 0.15) is 12.0 Å². The summed E-state index contributed by atoms with van der Waals surface area (Å²) in [4.78, 5) is 11.8. The maximum absolute atomic E-state index is 11.8. The average Bonchev–Trinajstić information content (AvgIpc) is 2.47. The molecule has 0 saturated carbocycles. The molecule has 0 fully saturated rings. The largest absolute Gasteiger partial charge is 0.383 e. The summed E-state index contributed by atoms with van der Waals surface area (Å²) in [6.45, 7) is 0.471. The van der Waals surface area contributed by atoms with Gasteiger partial charge in [0.05, 0.1) is 11.3 Å². The number of anilines is 2. The molecule has 0 aromatic heterocycles. The van der Waals surface area contributed by atoms with Crippen LogP contribution in [0.15, 0.2) is 53.0 Å². The van der Waals surface area contributed by atoms with E-state index in [4.69, 9.17) is 5.26 Å². The number of halogens is 1. The summed E-state index contributed by atoms with van der Waals surface area (Å²) in [5, 5.41) is 14.9. The topological polar surface area (TPSA) is 64.9 Å². The molecule has 2 rings (SSSR count). The molecule has 0 bridgehead atoms. The molecule has 0 aliphatic heterocycles. The molecular formula is C16H14BrN3O. The van der Waals surface area contributed by atoms with Gasteiger partial charge in [0.1, 0.15) is 6.07 Å². The van der Waals surface area contributed by atoms with Crippen LogP contribution >= 0.6 is 15.9 Å². The molecule has 2 N–H and O–H groups in total. The molecule has 4 nitrogen and oxygen atoms in total. The molecule has 1 amide bonds. The summed E-state index contributed by atoms with van der Waals surface area (Å²) in [5.41, 5.74) is 2.08. The highest BCUT2D eigenvalue weighted by Gasteiger charge is 2.04. The number of carbonyl (C=O) groups is 1. The normalized spacial score (nSPS) is 9.71. The minimum atomic E-state index is -0.0740. The van der Waals surface area contributed by atoms with Gasteiger partial charge in [-0.05, 0) is 30.3 Å². The highest BCUT2D eigenvalue weighted by atomic mass is 79.9. The second-order valence-electron chi connectivity index (χ2n) is 4.39. The molecule has 0 unspecified atom stereocenters. The van der Waals surface area contributed by atoms with E-state index < -0.39 is 0 Å². The fraction of sp³-hybridized carbons (Fsp3) is 0.125. The van der Waals surface area contributed by atoms with E-state index in [1.807, 2.05) is 42.5 Å². The van der Waals surface area contributed by atoms with Gasteiger partial charge in [0.25, 0.3) is 0 Å². The molecule has 0 aliphatic carbocycles. The van der Waals surface area contributed by atoms with Crippen molar-refractivity contribution in [3.63, 3.8) is 0 Å². The van der Waals surface area contributed by atoms with E-state index in [2.05, 4.69) is 32.6 Å². The molecule has 0 atom stereocenters. The van der Waals surface area contributed by atoms with Gasteiger partial charge in [-0.3, -0.25) is 4.79 Å². The van der Waals surface area contributed by atoms with Gasteiger partial charge in [0.15, 0.2) is 0 Å². The van der Waals surface area contributed by atoms with Crippen LogP contribution in [0, 0.1) is 11.3 Å². The number of nitriles is 1. The van der Waals surface area contributed by atoms with Crippen molar-refractivity contribution in [2.24, 2.45) is 0 Å². The van der Waals surface area contributed by atoms with E-state index in [-0.39, 0.29) is 5.91 Å². The van der Waals surface area contributed by atoms with Gasteiger partial charge in [0, 0.05) is 23.1 Å². The zero-order chi connectivity index (χ0) is 15.1. The number of carbonyl (C=O) groups excluding carboxylic acids is 1. The molecule has 0 radical (unpaired) electrons. The highest BCUT2D eigenvalue weighted by molar-refractivity contribution is 9.10. The molecule has 0 aliphatic rings. The second kappa shape index (κ2) is 7.46. The Kier molecular flexibility index (Phi) is 5.35. The minimum Gasteiger partial charge on any atom is -0.383 e. The van der Waals surface area contributed by atoms with E-state index in [1.54, 1.807) is 6.07 Å². The van der Waals surface area contributed by atoms with Gasteiger partial charge in [-0.15, -0.1) is 0 Å². The lowest BCUT2D eigenvalue weighted by Crippen LogP contribution is -2.16. The minimum absolute atomic E-state index is 0.0740. The number of rotatable bonds is 5. The van der Waals surface area contributed by atoms with E-state index in [0.717, 1.165) is 15.8 Å². The van der Waals surface area contributed by atoms with Crippen LogP contribution in [0.2, 0.25) is 0 Å². The number of hydrogen-bond acceptors (Lipinski definition) is 3. The van der Waals surface area contributed by atoms with Crippen LogP contribution in [0.4, 0.5) is 11.4 Å². The molecule has 5 heteroatoms. The quantitative estimate of drug-likeness (QED) is 0.868. The standard InChI is InChI=1S/C16H14BrN3O/c17-13-5-3-6-14(10-13)20-16(21)8-9-19-15-7-2-1-4-12(15)11-18/h1-7,10,19H,8-9H2,(H,20,21). The van der Waals surface area contributed by atoms with Gasteiger partial charge in [0.2, 0.25) is 5.91 Å². The molecule has 2 aromatic rings. The number of hydrogen-bond donors (Lipinski definition) is 2. The first-order valence-corrected chi connectivity index (χ1v) is 7.27. The van der Waals surface area contributed by atoms with Gasteiger partial charge in [-0.25, -0.2) is 0 Å². The van der Waals surface area contributed by atoms with Gasteiger partial charge < -0.3 is 10.6 Å². The maximum Gasteiger partial charge on any atom is 0.226 e. The fourth-order valence-corrected chi connectivity index (χ4v) is 2.23. The summed E-state index contributed by atoms with van der Waals surface area (Å²) in [5.74, 6) is -0.0740. The van der Waals surface area contributed by atoms with Crippen molar-refractivity contribution >= 4 is 33.2 Å². The zero-order valence-electron chi connectivity index (χ0n) is 11.3. The molecule has 106 valence electrons. The third-order valence-electron chi connectivity index (χ3n) is 2.82. The number of amides is 1. The molecular weight excluding hydrogens is 330 g/mol. The number of para-hydroxylation sites is 1. The van der Waals surface area contributed by atoms with Crippen LogP contribution in [-0.4, -0.2) is 12.5 Å². The van der Waals surface area contributed by atoms with E-state index >= 15 is 0 Å². The predicted octanol–water partition coefficient (Wildman–Crippen LogP) is 3.76. The Balaban J connectivity index is 1.83. The lowest BCUT2D eigenvalue weighted by atomic mass is 10.2. The third kappa shape index (κ3) is 4.62. The Morgan fingerprint density at radius 3 is 2.76 bits per heavy atom. The maximum atomic E-state index is 11.8. The first-order chi connectivity index (χ1) is 10.2. The van der Waals surface area contributed by atoms with Crippen molar-refractivity contribution in [2.75, 3.05) is 17.2 Å². The first-order valence-electron chi connectivity index (χ1n) is 6.47. The smallest absolute Gasteiger partial charge is 0.226 e. The molecule has 2 aromatic carbocycles. The van der Waals surface area contributed by atoms with Crippen LogP contribution in [0.3, 0.4) is 0 Å². The third-order valence-corrected chi connectivity index (χ3v) is 3.32. The first kappa shape index (κ1) is 15.1. The SMILES string of the molecule is N#Cc1ccccc1NCCC(=O)Nc1cccc(Br)c1. The Morgan fingerprint density at radius 2 is 2.00 bits per heavy atom. The lowest BCUT2D eigenvalue weighted by Gasteiger charge is -2.08. The molecule has 0 spiro atoms. The van der Waals surface area contributed by atoms with Crippen molar-refractivity contribution in [1.29, 1.82) is 5.26 Å². The van der Waals surface area contributed by atoms with E-state index in [9.17, 15) is 4.79 Å². The summed E-state index contributed by atoms with van der Waals surface area (Å²) < 4.78 is 0.918. The predicted molar refractivity (Wildman–Crippen MR) is 87.0 cm³/mol. The van der Waals surface area contributed by atoms with Crippen molar-refractivity contribution < 1.29 is 4.79 Å². The Labute approximate surface area is 131 Å². The van der Waals surface area contributed by atoms with Crippen molar-refractivity contribution in [1.82, 2.24) is 0 Å². The van der Waals surface area contributed by atoms with Gasteiger partial charge in [-0.1, -0.05) is 34.1 Å². The van der Waals surface area contributed by atoms with Crippen LogP contribution < -0.4 is 10.6 Å². The summed E-state index contributed by atoms with van der Waals surface area (Å²) >= 11 is 3.36. The van der Waals surface area contributed by atoms with Gasteiger partial charge in [-0.2, -0.15) is 5.26 Å². The highest BCUT2D eigenvalue weighted by Crippen LogP contribution is 2.16. The average molecular weight is 344 g/mol. The summed E-state index contributed by atoms with van der Waals surface area (Å²) in [6, 6.07) is 16.8.